The minimum absolute atomic E-state index is 0.0517. The van der Waals surface area contributed by atoms with Crippen molar-refractivity contribution in [1.82, 2.24) is 14.1 Å². The third-order valence-corrected chi connectivity index (χ3v) is 7.46. The number of aromatic nitrogens is 2. The smallest absolute Gasteiger partial charge is 0.312 e. The molecule has 0 saturated carbocycles. The molecule has 0 spiro atoms. The minimum Gasteiger partial charge on any atom is -0.323 e. The number of hydrogen-bond donors (Lipinski definition) is 1. The number of carbonyl (C=O) groups is 1. The Bertz CT molecular complexity index is 1110. The van der Waals surface area contributed by atoms with Gasteiger partial charge in [-0.15, -0.1) is 0 Å². The van der Waals surface area contributed by atoms with Crippen LogP contribution in [0.4, 0.5) is 11.4 Å². The number of rotatable bonds is 6. The first kappa shape index (κ1) is 23.2. The summed E-state index contributed by atoms with van der Waals surface area (Å²) in [5, 5.41) is 17.9. The van der Waals surface area contributed by atoms with Gasteiger partial charge in [-0.05, 0) is 44.9 Å². The molecule has 1 fully saturated rings. The van der Waals surface area contributed by atoms with Crippen LogP contribution in [0.25, 0.3) is 0 Å². The Balaban J connectivity index is 1.80. The van der Waals surface area contributed by atoms with Crippen molar-refractivity contribution < 1.29 is 18.1 Å². The molecular weight excluding hydrogens is 446 g/mol. The number of aryl methyl sites for hydroxylation is 1. The normalized spacial score (nSPS) is 15.5. The summed E-state index contributed by atoms with van der Waals surface area (Å²) in [4.78, 5) is 23.2. The summed E-state index contributed by atoms with van der Waals surface area (Å²) >= 11 is 6.17. The van der Waals surface area contributed by atoms with Crippen LogP contribution >= 0.6 is 11.6 Å². The number of benzene rings is 1. The second-order valence-corrected chi connectivity index (χ2v) is 9.79. The van der Waals surface area contributed by atoms with Crippen LogP contribution in [0.1, 0.15) is 37.1 Å². The molecule has 1 saturated heterocycles. The third kappa shape index (κ3) is 5.05. The van der Waals surface area contributed by atoms with E-state index in [-0.39, 0.29) is 39.2 Å². The van der Waals surface area contributed by atoms with Crippen molar-refractivity contribution in [3.8, 4) is 0 Å². The van der Waals surface area contributed by atoms with E-state index in [1.165, 1.54) is 41.0 Å². The van der Waals surface area contributed by atoms with Gasteiger partial charge in [-0.1, -0.05) is 24.4 Å². The molecule has 0 aliphatic carbocycles. The van der Waals surface area contributed by atoms with E-state index in [2.05, 4.69) is 10.4 Å². The van der Waals surface area contributed by atoms with Gasteiger partial charge in [-0.25, -0.2) is 8.42 Å². The highest BCUT2D eigenvalue weighted by atomic mass is 35.5. The van der Waals surface area contributed by atoms with Crippen LogP contribution in [0.2, 0.25) is 5.02 Å². The Labute approximate surface area is 185 Å². The van der Waals surface area contributed by atoms with Crippen LogP contribution in [0.3, 0.4) is 0 Å². The number of nitrogens with zero attached hydrogens (tertiary/aromatic N) is 4. The molecule has 10 nitrogen and oxygen atoms in total. The quantitative estimate of drug-likeness (QED) is 0.510. The van der Waals surface area contributed by atoms with E-state index < -0.39 is 20.9 Å². The van der Waals surface area contributed by atoms with Crippen LogP contribution < -0.4 is 5.32 Å². The van der Waals surface area contributed by atoms with Crippen molar-refractivity contribution in [2.75, 3.05) is 18.4 Å². The van der Waals surface area contributed by atoms with E-state index in [1.54, 1.807) is 0 Å². The zero-order valence-electron chi connectivity index (χ0n) is 17.3. The van der Waals surface area contributed by atoms with Gasteiger partial charge in [0.25, 0.3) is 0 Å². The fourth-order valence-electron chi connectivity index (χ4n) is 3.62. The van der Waals surface area contributed by atoms with E-state index in [0.29, 0.717) is 13.1 Å². The van der Waals surface area contributed by atoms with Crippen molar-refractivity contribution in [3.63, 3.8) is 0 Å². The molecule has 0 unspecified atom stereocenters. The maximum absolute atomic E-state index is 13.0. The summed E-state index contributed by atoms with van der Waals surface area (Å²) in [5.41, 5.74) is 0.468. The van der Waals surface area contributed by atoms with E-state index in [4.69, 9.17) is 11.6 Å². The number of carbonyl (C=O) groups excluding carboxylic acids is 1. The van der Waals surface area contributed by atoms with Gasteiger partial charge in [0.1, 0.15) is 17.9 Å². The van der Waals surface area contributed by atoms with Crippen LogP contribution in [-0.4, -0.2) is 46.4 Å². The van der Waals surface area contributed by atoms with Crippen LogP contribution in [-0.2, 0) is 21.4 Å². The van der Waals surface area contributed by atoms with Gasteiger partial charge in [-0.2, -0.15) is 9.40 Å². The maximum atomic E-state index is 13.0. The van der Waals surface area contributed by atoms with Gasteiger partial charge in [0, 0.05) is 13.1 Å². The number of hydrogen-bond acceptors (Lipinski definition) is 6. The Kier molecular flexibility index (Phi) is 6.97. The van der Waals surface area contributed by atoms with E-state index in [0.717, 1.165) is 25.7 Å². The first-order valence-corrected chi connectivity index (χ1v) is 11.7. The lowest BCUT2D eigenvalue weighted by molar-refractivity contribution is -0.386. The molecule has 1 aliphatic heterocycles. The number of nitrogens with one attached hydrogen (secondary N) is 1. The molecule has 0 atom stereocenters. The first-order chi connectivity index (χ1) is 14.6. The van der Waals surface area contributed by atoms with Gasteiger partial charge in [0.15, 0.2) is 0 Å². The van der Waals surface area contributed by atoms with Crippen molar-refractivity contribution in [1.29, 1.82) is 0 Å². The first-order valence-electron chi connectivity index (χ1n) is 9.89. The number of amides is 1. The molecule has 1 N–H and O–H groups in total. The summed E-state index contributed by atoms with van der Waals surface area (Å²) in [6.45, 7) is 3.65. The Morgan fingerprint density at radius 1 is 1.23 bits per heavy atom. The lowest BCUT2D eigenvalue weighted by Gasteiger charge is -2.20. The lowest BCUT2D eigenvalue weighted by atomic mass is 10.2. The van der Waals surface area contributed by atoms with Crippen molar-refractivity contribution in [3.05, 3.63) is 44.7 Å². The standard InChI is InChI=1S/C19H24ClN5O5S/c1-13-19(25(27)28)14(2)24(22-13)12-18(26)21-17-11-15(7-8-16(17)20)31(29,30)23-9-5-3-4-6-10-23/h7-8,11H,3-6,9-10,12H2,1-2H3,(H,21,26). The Hall–Kier alpha value is -2.50. The van der Waals surface area contributed by atoms with Gasteiger partial charge in [-0.3, -0.25) is 19.6 Å². The molecular formula is C19H24ClN5O5S. The van der Waals surface area contributed by atoms with Gasteiger partial charge in [0.05, 0.1) is 20.5 Å². The van der Waals surface area contributed by atoms with Crippen LogP contribution in [0, 0.1) is 24.0 Å². The zero-order chi connectivity index (χ0) is 22.8. The third-order valence-electron chi connectivity index (χ3n) is 5.23. The van der Waals surface area contributed by atoms with E-state index in [9.17, 15) is 23.3 Å². The minimum atomic E-state index is -3.71. The maximum Gasteiger partial charge on any atom is 0.312 e. The molecule has 12 heteroatoms. The highest BCUT2D eigenvalue weighted by molar-refractivity contribution is 7.89. The van der Waals surface area contributed by atoms with E-state index >= 15 is 0 Å². The summed E-state index contributed by atoms with van der Waals surface area (Å²) in [5.74, 6) is -0.535. The summed E-state index contributed by atoms with van der Waals surface area (Å²) in [6, 6.07) is 4.18. The SMILES string of the molecule is Cc1nn(CC(=O)Nc2cc(S(=O)(=O)N3CCCCCC3)ccc2Cl)c(C)c1[N+](=O)[O-]. The van der Waals surface area contributed by atoms with Crippen molar-refractivity contribution in [2.24, 2.45) is 0 Å². The Morgan fingerprint density at radius 3 is 2.45 bits per heavy atom. The molecule has 31 heavy (non-hydrogen) atoms. The summed E-state index contributed by atoms with van der Waals surface area (Å²) in [6.07, 6.45) is 3.62. The highest BCUT2D eigenvalue weighted by Gasteiger charge is 2.26. The van der Waals surface area contributed by atoms with Crippen molar-refractivity contribution in [2.45, 2.75) is 51.0 Å². The topological polar surface area (TPSA) is 127 Å². The number of nitro groups is 1. The molecule has 1 aromatic carbocycles. The molecule has 1 amide bonds. The molecule has 1 aliphatic rings. The van der Waals surface area contributed by atoms with Crippen molar-refractivity contribution >= 4 is 38.9 Å². The van der Waals surface area contributed by atoms with Crippen LogP contribution in [0.15, 0.2) is 23.1 Å². The molecule has 2 aromatic rings. The van der Waals surface area contributed by atoms with E-state index in [1.807, 2.05) is 0 Å². The fraction of sp³-hybridized carbons (Fsp3) is 0.474. The molecule has 0 bridgehead atoms. The molecule has 2 heterocycles. The zero-order valence-corrected chi connectivity index (χ0v) is 18.9. The predicted octanol–water partition coefficient (Wildman–Crippen LogP) is 3.26. The van der Waals surface area contributed by atoms with Gasteiger partial charge in [0.2, 0.25) is 15.9 Å². The van der Waals surface area contributed by atoms with Gasteiger partial charge < -0.3 is 5.32 Å². The summed E-state index contributed by atoms with van der Waals surface area (Å²) < 4.78 is 28.7. The van der Waals surface area contributed by atoms with Gasteiger partial charge >= 0.3 is 5.69 Å². The second kappa shape index (κ2) is 9.33. The fourth-order valence-corrected chi connectivity index (χ4v) is 5.33. The number of halogens is 1. The Morgan fingerprint density at radius 2 is 1.87 bits per heavy atom. The average molecular weight is 470 g/mol. The number of sulfonamides is 1. The molecule has 0 radical (unpaired) electrons. The molecule has 1 aromatic heterocycles. The highest BCUT2D eigenvalue weighted by Crippen LogP contribution is 2.28. The monoisotopic (exact) mass is 469 g/mol. The number of anilines is 1. The lowest BCUT2D eigenvalue weighted by Crippen LogP contribution is -2.32. The summed E-state index contributed by atoms with van der Waals surface area (Å²) in [7, 11) is -3.71. The molecule has 3 rings (SSSR count). The largest absolute Gasteiger partial charge is 0.323 e. The average Bonchev–Trinajstić information content (AvgIpc) is 2.88. The second-order valence-electron chi connectivity index (χ2n) is 7.44. The molecule has 168 valence electrons. The predicted molar refractivity (Wildman–Crippen MR) is 116 cm³/mol. The van der Waals surface area contributed by atoms with Crippen LogP contribution in [0.5, 0.6) is 0 Å².